The summed E-state index contributed by atoms with van der Waals surface area (Å²) in [7, 11) is -4.64. The molecule has 96 valence electrons. The quantitative estimate of drug-likeness (QED) is 0.601. The molecular formula is C10H15O6P. The Bertz CT molecular complexity index is 414. The molecule has 0 aromatic heterocycles. The van der Waals surface area contributed by atoms with Crippen LogP contribution in [0.25, 0.3) is 0 Å². The van der Waals surface area contributed by atoms with Crippen molar-refractivity contribution < 1.29 is 29.1 Å². The second-order valence-electron chi connectivity index (χ2n) is 3.56. The first kappa shape index (κ1) is 15.8. The number of benzene rings is 1. The zero-order valence-electron chi connectivity index (χ0n) is 9.44. The summed E-state index contributed by atoms with van der Waals surface area (Å²) in [6, 6.07) is 7.10. The van der Waals surface area contributed by atoms with Crippen LogP contribution in [0, 0.1) is 0 Å². The van der Waals surface area contributed by atoms with E-state index in [4.69, 9.17) is 24.4 Å². The van der Waals surface area contributed by atoms with Crippen LogP contribution in [0.5, 0.6) is 0 Å². The third kappa shape index (κ3) is 7.65. The van der Waals surface area contributed by atoms with Crippen molar-refractivity contribution in [1.82, 2.24) is 0 Å². The van der Waals surface area contributed by atoms with Crippen LogP contribution in [0.15, 0.2) is 24.3 Å². The second kappa shape index (κ2) is 6.51. The minimum Gasteiger partial charge on any atom is -0.478 e. The molecule has 6 nitrogen and oxygen atoms in total. The lowest BCUT2D eigenvalue weighted by molar-refractivity contribution is 0.0695. The van der Waals surface area contributed by atoms with Crippen LogP contribution >= 0.6 is 7.82 Å². The minimum atomic E-state index is -4.64. The van der Waals surface area contributed by atoms with E-state index in [0.717, 1.165) is 5.56 Å². The van der Waals surface area contributed by atoms with Gasteiger partial charge in [-0.1, -0.05) is 32.0 Å². The number of rotatable bonds is 2. The maximum absolute atomic E-state index is 10.7. The molecule has 0 spiro atoms. The average Bonchev–Trinajstić information content (AvgIpc) is 2.15. The normalized spacial score (nSPS) is 10.7. The number of hydrogen-bond acceptors (Lipinski definition) is 2. The van der Waals surface area contributed by atoms with E-state index in [1.165, 1.54) is 0 Å². The van der Waals surface area contributed by atoms with Gasteiger partial charge >= 0.3 is 13.8 Å². The summed E-state index contributed by atoms with van der Waals surface area (Å²) in [5, 5.41) is 8.81. The van der Waals surface area contributed by atoms with Crippen molar-refractivity contribution >= 4 is 13.8 Å². The van der Waals surface area contributed by atoms with Crippen molar-refractivity contribution in [3.8, 4) is 0 Å². The standard InChI is InChI=1S/C10H12O2.H3O4P/c1-7(2)8-5-3-4-6-9(8)10(11)12;1-5(2,3)4/h3-7H,1-2H3,(H,11,12);(H3,1,2,3,4). The first-order valence-electron chi connectivity index (χ1n) is 4.73. The molecule has 0 saturated carbocycles. The molecule has 1 aromatic carbocycles. The molecule has 1 rings (SSSR count). The summed E-state index contributed by atoms with van der Waals surface area (Å²) in [4.78, 5) is 32.3. The Labute approximate surface area is 98.8 Å². The van der Waals surface area contributed by atoms with Crippen LogP contribution in [0.1, 0.15) is 35.7 Å². The Hall–Kier alpha value is -1.20. The monoisotopic (exact) mass is 262 g/mol. The maximum Gasteiger partial charge on any atom is 0.466 e. The maximum atomic E-state index is 10.7. The zero-order valence-corrected chi connectivity index (χ0v) is 10.3. The third-order valence-electron chi connectivity index (χ3n) is 1.81. The molecule has 0 heterocycles. The number of aromatic carboxylic acids is 1. The van der Waals surface area contributed by atoms with E-state index in [9.17, 15) is 4.79 Å². The molecule has 0 radical (unpaired) electrons. The highest BCUT2D eigenvalue weighted by molar-refractivity contribution is 7.45. The van der Waals surface area contributed by atoms with Crippen LogP contribution in [-0.2, 0) is 4.57 Å². The van der Waals surface area contributed by atoms with Gasteiger partial charge in [0.25, 0.3) is 0 Å². The van der Waals surface area contributed by atoms with Crippen molar-refractivity contribution in [2.24, 2.45) is 0 Å². The summed E-state index contributed by atoms with van der Waals surface area (Å²) >= 11 is 0. The molecule has 0 fully saturated rings. The molecule has 0 saturated heterocycles. The lowest BCUT2D eigenvalue weighted by Crippen LogP contribution is -2.02. The van der Waals surface area contributed by atoms with Crippen molar-refractivity contribution in [3.63, 3.8) is 0 Å². The molecule has 0 aliphatic rings. The lowest BCUT2D eigenvalue weighted by Gasteiger charge is -2.07. The van der Waals surface area contributed by atoms with Crippen LogP contribution in [-0.4, -0.2) is 25.8 Å². The first-order valence-corrected chi connectivity index (χ1v) is 6.30. The largest absolute Gasteiger partial charge is 0.478 e. The predicted octanol–water partition coefficient (Wildman–Crippen LogP) is 1.58. The number of phosphoric acid groups is 1. The van der Waals surface area contributed by atoms with Gasteiger partial charge in [0.2, 0.25) is 0 Å². The lowest BCUT2D eigenvalue weighted by atomic mass is 9.97. The Balaban J connectivity index is 0.000000437. The van der Waals surface area contributed by atoms with Crippen LogP contribution in [0.3, 0.4) is 0 Å². The second-order valence-corrected chi connectivity index (χ2v) is 4.59. The predicted molar refractivity (Wildman–Crippen MR) is 61.8 cm³/mol. The van der Waals surface area contributed by atoms with Crippen molar-refractivity contribution in [3.05, 3.63) is 35.4 Å². The summed E-state index contributed by atoms with van der Waals surface area (Å²) in [5.41, 5.74) is 1.30. The Morgan fingerprint density at radius 2 is 1.59 bits per heavy atom. The highest BCUT2D eigenvalue weighted by Gasteiger charge is 2.10. The van der Waals surface area contributed by atoms with Gasteiger partial charge in [0.05, 0.1) is 5.56 Å². The Morgan fingerprint density at radius 3 is 1.88 bits per heavy atom. The summed E-state index contributed by atoms with van der Waals surface area (Å²) in [5.74, 6) is -0.586. The molecule has 4 N–H and O–H groups in total. The fraction of sp³-hybridized carbons (Fsp3) is 0.300. The van der Waals surface area contributed by atoms with E-state index in [1.54, 1.807) is 12.1 Å². The SMILES string of the molecule is CC(C)c1ccccc1C(=O)O.O=P(O)(O)O. The topological polar surface area (TPSA) is 115 Å². The zero-order chi connectivity index (χ0) is 13.6. The van der Waals surface area contributed by atoms with Gasteiger partial charge in [-0.25, -0.2) is 9.36 Å². The van der Waals surface area contributed by atoms with Crippen LogP contribution in [0.4, 0.5) is 0 Å². The van der Waals surface area contributed by atoms with Gasteiger partial charge in [0, 0.05) is 0 Å². The van der Waals surface area contributed by atoms with E-state index in [-0.39, 0.29) is 5.92 Å². The molecule has 0 unspecified atom stereocenters. The summed E-state index contributed by atoms with van der Waals surface area (Å²) < 4.78 is 8.88. The fourth-order valence-electron chi connectivity index (χ4n) is 1.20. The summed E-state index contributed by atoms with van der Waals surface area (Å²) in [6.07, 6.45) is 0. The molecule has 0 aliphatic heterocycles. The van der Waals surface area contributed by atoms with E-state index in [0.29, 0.717) is 5.56 Å². The molecule has 1 aromatic rings. The van der Waals surface area contributed by atoms with Crippen LogP contribution < -0.4 is 0 Å². The van der Waals surface area contributed by atoms with E-state index in [1.807, 2.05) is 26.0 Å². The molecule has 7 heteroatoms. The van der Waals surface area contributed by atoms with Gasteiger partial charge in [-0.2, -0.15) is 0 Å². The van der Waals surface area contributed by atoms with Crippen LogP contribution in [0.2, 0.25) is 0 Å². The third-order valence-corrected chi connectivity index (χ3v) is 1.81. The molecule has 0 bridgehead atoms. The highest BCUT2D eigenvalue weighted by Crippen LogP contribution is 2.25. The fourth-order valence-corrected chi connectivity index (χ4v) is 1.20. The smallest absolute Gasteiger partial charge is 0.466 e. The average molecular weight is 262 g/mol. The van der Waals surface area contributed by atoms with Gasteiger partial charge in [-0.05, 0) is 17.5 Å². The minimum absolute atomic E-state index is 0.261. The van der Waals surface area contributed by atoms with Gasteiger partial charge < -0.3 is 19.8 Å². The van der Waals surface area contributed by atoms with E-state index >= 15 is 0 Å². The molecule has 0 amide bonds. The number of carbonyl (C=O) groups is 1. The first-order chi connectivity index (χ1) is 7.63. The Morgan fingerprint density at radius 1 is 1.18 bits per heavy atom. The number of carboxylic acid groups (broad SMARTS) is 1. The van der Waals surface area contributed by atoms with E-state index in [2.05, 4.69) is 0 Å². The van der Waals surface area contributed by atoms with Gasteiger partial charge in [-0.3, -0.25) is 0 Å². The van der Waals surface area contributed by atoms with Gasteiger partial charge in [0.15, 0.2) is 0 Å². The van der Waals surface area contributed by atoms with E-state index < -0.39 is 13.8 Å². The highest BCUT2D eigenvalue weighted by atomic mass is 31.2. The molecular weight excluding hydrogens is 247 g/mol. The van der Waals surface area contributed by atoms with Gasteiger partial charge in [-0.15, -0.1) is 0 Å². The van der Waals surface area contributed by atoms with Crippen molar-refractivity contribution in [2.75, 3.05) is 0 Å². The molecule has 17 heavy (non-hydrogen) atoms. The summed E-state index contributed by atoms with van der Waals surface area (Å²) in [6.45, 7) is 3.98. The van der Waals surface area contributed by atoms with Crippen molar-refractivity contribution in [2.45, 2.75) is 19.8 Å². The van der Waals surface area contributed by atoms with Crippen molar-refractivity contribution in [1.29, 1.82) is 0 Å². The Kier molecular flexibility index (Phi) is 6.05. The molecule has 0 aliphatic carbocycles. The molecule has 0 atom stereocenters. The van der Waals surface area contributed by atoms with Gasteiger partial charge in [0.1, 0.15) is 0 Å². The number of carboxylic acids is 1. The number of hydrogen-bond donors (Lipinski definition) is 4.